The first-order valence-electron chi connectivity index (χ1n) is 9.06. The van der Waals surface area contributed by atoms with Crippen molar-refractivity contribution in [3.8, 4) is 0 Å². The van der Waals surface area contributed by atoms with E-state index in [1.165, 1.54) is 4.88 Å². The van der Waals surface area contributed by atoms with Crippen LogP contribution in [0.3, 0.4) is 0 Å². The number of hydrazone groups is 1. The van der Waals surface area contributed by atoms with Crippen LogP contribution < -0.4 is 16.5 Å². The SMILES string of the molecule is C/C=N\NCc1cc2nc(N)cc(NCCN3CC(C)OC(C)C3)c2s1. The number of aromatic nitrogens is 1. The zero-order valence-corrected chi connectivity index (χ0v) is 16.5. The fraction of sp³-hybridized carbons (Fsp3) is 0.556. The predicted molar refractivity (Wildman–Crippen MR) is 110 cm³/mol. The van der Waals surface area contributed by atoms with Gasteiger partial charge in [-0.05, 0) is 26.8 Å². The van der Waals surface area contributed by atoms with Crippen molar-refractivity contribution in [2.75, 3.05) is 37.2 Å². The van der Waals surface area contributed by atoms with Gasteiger partial charge < -0.3 is 21.2 Å². The molecule has 0 spiro atoms. The normalized spacial score (nSPS) is 21.5. The molecule has 1 saturated heterocycles. The highest BCUT2D eigenvalue weighted by Crippen LogP contribution is 2.32. The summed E-state index contributed by atoms with van der Waals surface area (Å²) in [6, 6.07) is 4.00. The number of thiophene rings is 1. The van der Waals surface area contributed by atoms with E-state index in [-0.39, 0.29) is 0 Å². The Morgan fingerprint density at radius 1 is 1.38 bits per heavy atom. The number of nitrogens with one attached hydrogen (secondary N) is 2. The summed E-state index contributed by atoms with van der Waals surface area (Å²) in [4.78, 5) is 8.09. The molecule has 1 aliphatic rings. The second-order valence-corrected chi connectivity index (χ2v) is 7.82. The van der Waals surface area contributed by atoms with Crippen LogP contribution in [0.4, 0.5) is 11.5 Å². The first-order chi connectivity index (χ1) is 12.5. The van der Waals surface area contributed by atoms with E-state index in [1.54, 1.807) is 17.6 Å². The van der Waals surface area contributed by atoms with Crippen LogP contribution in [0.1, 0.15) is 25.6 Å². The van der Waals surface area contributed by atoms with E-state index in [2.05, 4.69) is 45.6 Å². The highest BCUT2D eigenvalue weighted by Gasteiger charge is 2.21. The molecule has 2 aromatic rings. The van der Waals surface area contributed by atoms with Gasteiger partial charge in [-0.2, -0.15) is 5.10 Å². The number of nitrogen functional groups attached to an aromatic ring is 1. The number of fused-ring (bicyclic) bond motifs is 1. The maximum absolute atomic E-state index is 5.99. The van der Waals surface area contributed by atoms with Crippen molar-refractivity contribution in [2.45, 2.75) is 39.5 Å². The summed E-state index contributed by atoms with van der Waals surface area (Å²) in [5.74, 6) is 0.539. The van der Waals surface area contributed by atoms with Crippen molar-refractivity contribution in [1.29, 1.82) is 0 Å². The van der Waals surface area contributed by atoms with E-state index in [9.17, 15) is 0 Å². The summed E-state index contributed by atoms with van der Waals surface area (Å²) in [7, 11) is 0. The van der Waals surface area contributed by atoms with Crippen molar-refractivity contribution in [1.82, 2.24) is 15.3 Å². The van der Waals surface area contributed by atoms with E-state index in [0.29, 0.717) is 24.6 Å². The molecule has 0 saturated carbocycles. The fourth-order valence-corrected chi connectivity index (χ4v) is 4.36. The maximum atomic E-state index is 5.99. The fourth-order valence-electron chi connectivity index (χ4n) is 3.34. The van der Waals surface area contributed by atoms with Gasteiger partial charge >= 0.3 is 0 Å². The van der Waals surface area contributed by atoms with Gasteiger partial charge in [-0.25, -0.2) is 4.98 Å². The number of nitrogens with two attached hydrogens (primary N) is 1. The van der Waals surface area contributed by atoms with Gasteiger partial charge in [-0.1, -0.05) is 0 Å². The number of hydrogen-bond acceptors (Lipinski definition) is 8. The smallest absolute Gasteiger partial charge is 0.126 e. The van der Waals surface area contributed by atoms with Gasteiger partial charge in [0, 0.05) is 43.3 Å². The molecule has 0 aromatic carbocycles. The Hall–Kier alpha value is -1.90. The highest BCUT2D eigenvalue weighted by atomic mass is 32.1. The number of hydrogen-bond donors (Lipinski definition) is 3. The average Bonchev–Trinajstić information content (AvgIpc) is 2.97. The second-order valence-electron chi connectivity index (χ2n) is 6.69. The molecule has 0 aliphatic carbocycles. The van der Waals surface area contributed by atoms with Gasteiger partial charge in [0.05, 0.1) is 34.7 Å². The van der Waals surface area contributed by atoms with E-state index in [0.717, 1.165) is 42.1 Å². The molecule has 26 heavy (non-hydrogen) atoms. The molecule has 0 radical (unpaired) electrons. The van der Waals surface area contributed by atoms with Crippen molar-refractivity contribution in [3.63, 3.8) is 0 Å². The molecule has 2 aromatic heterocycles. The standard InChI is InChI=1S/C18H28N6OS/c1-4-21-22-9-14-7-16-18(26-14)15(8-17(19)23-16)20-5-6-24-10-12(2)25-13(3)11-24/h4,7-8,12-13,22H,5-6,9-11H2,1-3H3,(H3,19,20,23)/b21-4-. The third-order valence-electron chi connectivity index (χ3n) is 4.26. The molecule has 4 N–H and O–H groups in total. The lowest BCUT2D eigenvalue weighted by Gasteiger charge is -2.35. The summed E-state index contributed by atoms with van der Waals surface area (Å²) in [6.07, 6.45) is 2.32. The lowest BCUT2D eigenvalue weighted by Crippen LogP contribution is -2.46. The lowest BCUT2D eigenvalue weighted by molar-refractivity contribution is -0.0667. The Labute approximate surface area is 158 Å². The number of pyridine rings is 1. The zero-order valence-electron chi connectivity index (χ0n) is 15.7. The Morgan fingerprint density at radius 3 is 2.88 bits per heavy atom. The number of nitrogens with zero attached hydrogens (tertiary/aromatic N) is 3. The van der Waals surface area contributed by atoms with Crippen molar-refractivity contribution < 1.29 is 4.74 Å². The highest BCUT2D eigenvalue weighted by molar-refractivity contribution is 7.19. The first kappa shape index (κ1) is 18.9. The number of rotatable bonds is 7. The average molecular weight is 377 g/mol. The molecule has 2 unspecified atom stereocenters. The molecule has 1 aliphatic heterocycles. The molecule has 8 heteroatoms. The van der Waals surface area contributed by atoms with Crippen molar-refractivity contribution >= 4 is 39.3 Å². The summed E-state index contributed by atoms with van der Waals surface area (Å²) in [5, 5.41) is 7.59. The van der Waals surface area contributed by atoms with E-state index in [4.69, 9.17) is 10.5 Å². The quantitative estimate of drug-likeness (QED) is 0.508. The van der Waals surface area contributed by atoms with Crippen molar-refractivity contribution in [2.24, 2.45) is 5.10 Å². The molecule has 2 atom stereocenters. The summed E-state index contributed by atoms with van der Waals surface area (Å²) in [5.41, 5.74) is 11.0. The molecule has 0 amide bonds. The van der Waals surface area contributed by atoms with E-state index >= 15 is 0 Å². The second kappa shape index (κ2) is 8.66. The predicted octanol–water partition coefficient (Wildman–Crippen LogP) is 2.49. The van der Waals surface area contributed by atoms with Gasteiger partial charge in [-0.3, -0.25) is 4.90 Å². The van der Waals surface area contributed by atoms with Gasteiger partial charge in [0.2, 0.25) is 0 Å². The van der Waals surface area contributed by atoms with Crippen LogP contribution in [-0.2, 0) is 11.3 Å². The zero-order chi connectivity index (χ0) is 18.5. The van der Waals surface area contributed by atoms with E-state index < -0.39 is 0 Å². The number of morpholine rings is 1. The van der Waals surface area contributed by atoms with Crippen LogP contribution >= 0.6 is 11.3 Å². The van der Waals surface area contributed by atoms with Crippen LogP contribution in [-0.4, -0.2) is 54.5 Å². The Balaban J connectivity index is 1.64. The van der Waals surface area contributed by atoms with Crippen LogP contribution in [0.15, 0.2) is 17.2 Å². The van der Waals surface area contributed by atoms with Gasteiger partial charge in [-0.15, -0.1) is 11.3 Å². The Kier molecular flexibility index (Phi) is 6.29. The summed E-state index contributed by atoms with van der Waals surface area (Å²) >= 11 is 1.72. The topological polar surface area (TPSA) is 87.8 Å². The van der Waals surface area contributed by atoms with E-state index in [1.807, 2.05) is 13.0 Å². The molecule has 142 valence electrons. The summed E-state index contributed by atoms with van der Waals surface area (Å²) in [6.45, 7) is 10.6. The Morgan fingerprint density at radius 2 is 2.15 bits per heavy atom. The third kappa shape index (κ3) is 4.84. The minimum atomic E-state index is 0.292. The maximum Gasteiger partial charge on any atom is 0.126 e. The lowest BCUT2D eigenvalue weighted by atomic mass is 10.2. The minimum absolute atomic E-state index is 0.292. The van der Waals surface area contributed by atoms with Crippen LogP contribution in [0.2, 0.25) is 0 Å². The van der Waals surface area contributed by atoms with Crippen LogP contribution in [0.25, 0.3) is 10.2 Å². The number of ether oxygens (including phenoxy) is 1. The van der Waals surface area contributed by atoms with Crippen LogP contribution in [0.5, 0.6) is 0 Å². The van der Waals surface area contributed by atoms with Crippen LogP contribution in [0, 0.1) is 0 Å². The molecule has 0 bridgehead atoms. The molecule has 7 nitrogen and oxygen atoms in total. The molecule has 1 fully saturated rings. The molecular weight excluding hydrogens is 348 g/mol. The Bertz CT molecular complexity index is 751. The third-order valence-corrected chi connectivity index (χ3v) is 5.42. The monoisotopic (exact) mass is 376 g/mol. The first-order valence-corrected chi connectivity index (χ1v) is 9.88. The largest absolute Gasteiger partial charge is 0.384 e. The summed E-state index contributed by atoms with van der Waals surface area (Å²) < 4.78 is 6.94. The number of anilines is 2. The molecule has 3 heterocycles. The molecular formula is C18H28N6OS. The van der Waals surface area contributed by atoms with Gasteiger partial charge in [0.1, 0.15) is 5.82 Å². The van der Waals surface area contributed by atoms with Crippen molar-refractivity contribution in [3.05, 3.63) is 17.0 Å². The molecule has 3 rings (SSSR count). The van der Waals surface area contributed by atoms with Gasteiger partial charge in [0.15, 0.2) is 0 Å². The minimum Gasteiger partial charge on any atom is -0.384 e. The van der Waals surface area contributed by atoms with Gasteiger partial charge in [0.25, 0.3) is 0 Å².